The lowest BCUT2D eigenvalue weighted by Crippen LogP contribution is -2.22. The zero-order valence-electron chi connectivity index (χ0n) is 11.4. The molecule has 2 rings (SSSR count). The fourth-order valence-corrected chi connectivity index (χ4v) is 2.07. The van der Waals surface area contributed by atoms with Crippen LogP contribution in [0.1, 0.15) is 11.6 Å². The molecule has 5 nitrogen and oxygen atoms in total. The summed E-state index contributed by atoms with van der Waals surface area (Å²) in [5.41, 5.74) is 0.878. The minimum Gasteiger partial charge on any atom is -0.504 e. The molecular formula is C15H17NO4. The van der Waals surface area contributed by atoms with Crippen LogP contribution >= 0.6 is 0 Å². The molecule has 0 amide bonds. The molecule has 0 saturated heterocycles. The Morgan fingerprint density at radius 1 is 1.30 bits per heavy atom. The summed E-state index contributed by atoms with van der Waals surface area (Å²) in [6.07, 6.45) is 4.09. The Bertz CT molecular complexity index is 578. The zero-order valence-corrected chi connectivity index (χ0v) is 11.4. The predicted octanol–water partition coefficient (Wildman–Crippen LogP) is 2.16. The van der Waals surface area contributed by atoms with E-state index in [4.69, 9.17) is 9.47 Å². The molecule has 0 spiro atoms. The van der Waals surface area contributed by atoms with Gasteiger partial charge in [0.2, 0.25) is 0 Å². The third kappa shape index (κ3) is 2.93. The van der Waals surface area contributed by atoms with Gasteiger partial charge in [0.15, 0.2) is 11.5 Å². The van der Waals surface area contributed by atoms with Crippen LogP contribution in [0.2, 0.25) is 0 Å². The lowest BCUT2D eigenvalue weighted by atomic mass is 10.1. The molecule has 0 saturated carbocycles. The highest BCUT2D eigenvalue weighted by Crippen LogP contribution is 2.28. The molecule has 5 heteroatoms. The summed E-state index contributed by atoms with van der Waals surface area (Å²) >= 11 is 0. The van der Waals surface area contributed by atoms with E-state index in [-0.39, 0.29) is 11.7 Å². The summed E-state index contributed by atoms with van der Waals surface area (Å²) < 4.78 is 11.7. The summed E-state index contributed by atoms with van der Waals surface area (Å²) in [5, 5.41) is 9.59. The van der Waals surface area contributed by atoms with Crippen LogP contribution in [0.4, 0.5) is 0 Å². The van der Waals surface area contributed by atoms with Gasteiger partial charge in [-0.1, -0.05) is 6.07 Å². The van der Waals surface area contributed by atoms with Gasteiger partial charge in [-0.25, -0.2) is 4.79 Å². The van der Waals surface area contributed by atoms with E-state index in [9.17, 15) is 9.90 Å². The van der Waals surface area contributed by atoms with Crippen LogP contribution < -0.4 is 4.74 Å². The first kappa shape index (κ1) is 14.0. The highest BCUT2D eigenvalue weighted by molar-refractivity contribution is 5.74. The van der Waals surface area contributed by atoms with Crippen molar-refractivity contribution >= 4 is 5.97 Å². The van der Waals surface area contributed by atoms with Crippen molar-refractivity contribution in [2.75, 3.05) is 14.2 Å². The number of benzene rings is 1. The molecule has 1 atom stereocenters. The largest absolute Gasteiger partial charge is 0.504 e. The number of phenolic OH excluding ortho intramolecular Hbond substituents is 1. The fourth-order valence-electron chi connectivity index (χ4n) is 2.07. The number of ether oxygens (including phenoxy) is 2. The van der Waals surface area contributed by atoms with Crippen molar-refractivity contribution in [3.63, 3.8) is 0 Å². The average Bonchev–Trinajstić information content (AvgIpc) is 2.99. The van der Waals surface area contributed by atoms with Gasteiger partial charge in [-0.15, -0.1) is 0 Å². The molecular weight excluding hydrogens is 258 g/mol. The Labute approximate surface area is 117 Å². The first-order chi connectivity index (χ1) is 9.65. The van der Waals surface area contributed by atoms with Crippen LogP contribution in [-0.2, 0) is 16.0 Å². The third-order valence-corrected chi connectivity index (χ3v) is 3.13. The number of carbonyl (C=O) groups excluding carboxylic acids is 1. The van der Waals surface area contributed by atoms with Crippen LogP contribution in [0, 0.1) is 0 Å². The summed E-state index contributed by atoms with van der Waals surface area (Å²) in [6.45, 7) is 0. The number of hydrogen-bond donors (Lipinski definition) is 1. The number of carbonyl (C=O) groups is 1. The maximum absolute atomic E-state index is 11.9. The summed E-state index contributed by atoms with van der Waals surface area (Å²) in [5.74, 6) is 0.152. The molecule has 106 valence electrons. The first-order valence-electron chi connectivity index (χ1n) is 6.22. The number of methoxy groups -OCH3 is 2. The molecule has 1 heterocycles. The summed E-state index contributed by atoms with van der Waals surface area (Å²) in [7, 11) is 2.86. The Morgan fingerprint density at radius 2 is 2.00 bits per heavy atom. The highest BCUT2D eigenvalue weighted by Gasteiger charge is 2.21. The van der Waals surface area contributed by atoms with E-state index in [1.54, 1.807) is 22.8 Å². The van der Waals surface area contributed by atoms with Gasteiger partial charge in [0.1, 0.15) is 6.04 Å². The second-order valence-corrected chi connectivity index (χ2v) is 4.38. The van der Waals surface area contributed by atoms with Gasteiger partial charge >= 0.3 is 5.97 Å². The number of aromatic hydroxyl groups is 1. The van der Waals surface area contributed by atoms with E-state index < -0.39 is 6.04 Å². The second kappa shape index (κ2) is 6.14. The highest BCUT2D eigenvalue weighted by atomic mass is 16.5. The molecule has 0 aliphatic rings. The standard InChI is InChI=1S/C15H17NO4/c1-19-14-10-11(5-6-13(14)17)9-12(15(18)20-2)16-7-3-4-8-16/h3-8,10,12,17H,9H2,1-2H3/t12-/m0/s1. The molecule has 0 aliphatic carbocycles. The van der Waals surface area contributed by atoms with Gasteiger partial charge in [-0.3, -0.25) is 0 Å². The van der Waals surface area contributed by atoms with Crippen LogP contribution in [0.5, 0.6) is 11.5 Å². The minimum atomic E-state index is -0.441. The van der Waals surface area contributed by atoms with Crippen LogP contribution in [0.15, 0.2) is 42.7 Å². The van der Waals surface area contributed by atoms with Crippen LogP contribution in [-0.4, -0.2) is 29.9 Å². The van der Waals surface area contributed by atoms with Crippen molar-refractivity contribution in [2.45, 2.75) is 12.5 Å². The lowest BCUT2D eigenvalue weighted by molar-refractivity contribution is -0.144. The molecule has 0 unspecified atom stereocenters. The molecule has 1 aromatic heterocycles. The number of aromatic nitrogens is 1. The lowest BCUT2D eigenvalue weighted by Gasteiger charge is -2.17. The first-order valence-corrected chi connectivity index (χ1v) is 6.22. The van der Waals surface area contributed by atoms with E-state index in [1.807, 2.05) is 24.5 Å². The maximum Gasteiger partial charge on any atom is 0.329 e. The Hall–Kier alpha value is -2.43. The monoisotopic (exact) mass is 275 g/mol. The number of hydrogen-bond acceptors (Lipinski definition) is 4. The van der Waals surface area contributed by atoms with Gasteiger partial charge in [0.25, 0.3) is 0 Å². The Morgan fingerprint density at radius 3 is 2.60 bits per heavy atom. The SMILES string of the molecule is COC(=O)[C@H](Cc1ccc(O)c(OC)c1)n1cccc1. The van der Waals surface area contributed by atoms with E-state index in [1.165, 1.54) is 14.2 Å². The van der Waals surface area contributed by atoms with Gasteiger partial charge in [0, 0.05) is 18.8 Å². The molecule has 0 radical (unpaired) electrons. The van der Waals surface area contributed by atoms with Gasteiger partial charge in [-0.2, -0.15) is 0 Å². The topological polar surface area (TPSA) is 60.7 Å². The maximum atomic E-state index is 11.9. The van der Waals surface area contributed by atoms with Crippen molar-refractivity contribution in [3.05, 3.63) is 48.3 Å². The second-order valence-electron chi connectivity index (χ2n) is 4.38. The number of nitrogens with zero attached hydrogens (tertiary/aromatic N) is 1. The van der Waals surface area contributed by atoms with Gasteiger partial charge in [0.05, 0.1) is 14.2 Å². The molecule has 20 heavy (non-hydrogen) atoms. The Kier molecular flexibility index (Phi) is 4.30. The number of esters is 1. The van der Waals surface area contributed by atoms with Crippen molar-refractivity contribution in [3.8, 4) is 11.5 Å². The van der Waals surface area contributed by atoms with E-state index in [0.29, 0.717) is 12.2 Å². The average molecular weight is 275 g/mol. The molecule has 1 aromatic carbocycles. The molecule has 0 fully saturated rings. The van der Waals surface area contributed by atoms with Crippen molar-refractivity contribution in [1.82, 2.24) is 4.57 Å². The normalized spacial score (nSPS) is 11.9. The fraction of sp³-hybridized carbons (Fsp3) is 0.267. The van der Waals surface area contributed by atoms with Gasteiger partial charge in [-0.05, 0) is 29.8 Å². The molecule has 0 bridgehead atoms. The van der Waals surface area contributed by atoms with Crippen molar-refractivity contribution in [1.29, 1.82) is 0 Å². The van der Waals surface area contributed by atoms with Crippen LogP contribution in [0.25, 0.3) is 0 Å². The van der Waals surface area contributed by atoms with Crippen molar-refractivity contribution in [2.24, 2.45) is 0 Å². The third-order valence-electron chi connectivity index (χ3n) is 3.13. The number of phenols is 1. The quantitative estimate of drug-likeness (QED) is 0.849. The van der Waals surface area contributed by atoms with E-state index >= 15 is 0 Å². The predicted molar refractivity (Wildman–Crippen MR) is 73.8 cm³/mol. The summed E-state index contributed by atoms with van der Waals surface area (Å²) in [4.78, 5) is 11.9. The van der Waals surface area contributed by atoms with Gasteiger partial charge < -0.3 is 19.1 Å². The molecule has 2 aromatic rings. The molecule has 1 N–H and O–H groups in total. The van der Waals surface area contributed by atoms with E-state index in [0.717, 1.165) is 5.56 Å². The number of rotatable bonds is 5. The molecule has 0 aliphatic heterocycles. The smallest absolute Gasteiger partial charge is 0.329 e. The minimum absolute atomic E-state index is 0.0758. The van der Waals surface area contributed by atoms with Crippen LogP contribution in [0.3, 0.4) is 0 Å². The zero-order chi connectivity index (χ0) is 14.5. The Balaban J connectivity index is 2.26. The van der Waals surface area contributed by atoms with Crippen molar-refractivity contribution < 1.29 is 19.4 Å². The van der Waals surface area contributed by atoms with E-state index in [2.05, 4.69) is 0 Å². The summed E-state index contributed by atoms with van der Waals surface area (Å²) in [6, 6.07) is 8.30.